The second-order valence-corrected chi connectivity index (χ2v) is 6.19. The molecule has 0 aliphatic rings. The van der Waals surface area contributed by atoms with Crippen LogP contribution in [0.3, 0.4) is 0 Å². The van der Waals surface area contributed by atoms with Crippen molar-refractivity contribution in [3.05, 3.63) is 85.3 Å². The second-order valence-electron chi connectivity index (χ2n) is 6.19. The molecule has 30 heavy (non-hydrogen) atoms. The standard InChI is InChI=1S/C22H17N5O3/c28-21(14-29-20-12-6-16(7-13-20)22-27-23-15-30-22)24-17-8-10-19(11-9-17)26-25-18-4-2-1-3-5-18/h1-13,15H,14H2,(H,24,28). The predicted molar refractivity (Wildman–Crippen MR) is 111 cm³/mol. The number of nitrogens with zero attached hydrogens (tertiary/aromatic N) is 4. The zero-order chi connectivity index (χ0) is 20.6. The van der Waals surface area contributed by atoms with E-state index in [0.29, 0.717) is 23.0 Å². The van der Waals surface area contributed by atoms with E-state index in [2.05, 4.69) is 25.7 Å². The number of carbonyl (C=O) groups excluding carboxylic acids is 1. The molecular weight excluding hydrogens is 382 g/mol. The molecule has 0 aliphatic heterocycles. The molecule has 0 saturated heterocycles. The summed E-state index contributed by atoms with van der Waals surface area (Å²) in [5.74, 6) is 0.714. The van der Waals surface area contributed by atoms with E-state index in [-0.39, 0.29) is 12.5 Å². The Morgan fingerprint density at radius 1 is 0.900 bits per heavy atom. The highest BCUT2D eigenvalue weighted by atomic mass is 16.5. The molecule has 0 fully saturated rings. The van der Waals surface area contributed by atoms with Crippen LogP contribution in [0.4, 0.5) is 17.1 Å². The van der Waals surface area contributed by atoms with E-state index in [1.807, 2.05) is 30.3 Å². The van der Waals surface area contributed by atoms with E-state index in [4.69, 9.17) is 9.15 Å². The van der Waals surface area contributed by atoms with Gasteiger partial charge in [0.1, 0.15) is 5.75 Å². The molecule has 0 unspecified atom stereocenters. The average Bonchev–Trinajstić information content (AvgIpc) is 3.33. The number of ether oxygens (including phenoxy) is 1. The minimum absolute atomic E-state index is 0.116. The summed E-state index contributed by atoms with van der Waals surface area (Å²) in [6.45, 7) is -0.116. The normalized spacial score (nSPS) is 10.8. The van der Waals surface area contributed by atoms with Gasteiger partial charge in [0.15, 0.2) is 6.61 Å². The molecule has 1 aromatic heterocycles. The Kier molecular flexibility index (Phi) is 5.86. The first-order valence-corrected chi connectivity index (χ1v) is 9.12. The van der Waals surface area contributed by atoms with E-state index in [1.54, 1.807) is 48.5 Å². The molecular formula is C22H17N5O3. The topological polar surface area (TPSA) is 102 Å². The molecule has 1 N–H and O–H groups in total. The van der Waals surface area contributed by atoms with Gasteiger partial charge in [-0.1, -0.05) is 18.2 Å². The lowest BCUT2D eigenvalue weighted by molar-refractivity contribution is -0.118. The van der Waals surface area contributed by atoms with Gasteiger partial charge < -0.3 is 14.5 Å². The van der Waals surface area contributed by atoms with Gasteiger partial charge in [-0.25, -0.2) is 0 Å². The molecule has 0 saturated carbocycles. The number of benzene rings is 3. The third-order valence-electron chi connectivity index (χ3n) is 4.02. The van der Waals surface area contributed by atoms with Crippen molar-refractivity contribution in [1.29, 1.82) is 0 Å². The van der Waals surface area contributed by atoms with Gasteiger partial charge >= 0.3 is 0 Å². The molecule has 0 atom stereocenters. The molecule has 0 radical (unpaired) electrons. The summed E-state index contributed by atoms with van der Waals surface area (Å²) in [5.41, 5.74) is 2.88. The highest BCUT2D eigenvalue weighted by molar-refractivity contribution is 5.92. The minimum atomic E-state index is -0.269. The van der Waals surface area contributed by atoms with Crippen molar-refractivity contribution in [2.24, 2.45) is 10.2 Å². The third kappa shape index (κ3) is 5.14. The summed E-state index contributed by atoms with van der Waals surface area (Å²) in [5, 5.41) is 18.6. The number of amides is 1. The van der Waals surface area contributed by atoms with Crippen molar-refractivity contribution >= 4 is 23.0 Å². The number of aromatic nitrogens is 2. The fourth-order valence-electron chi connectivity index (χ4n) is 2.56. The first-order valence-electron chi connectivity index (χ1n) is 9.12. The number of azo groups is 1. The lowest BCUT2D eigenvalue weighted by Gasteiger charge is -2.08. The van der Waals surface area contributed by atoms with E-state index >= 15 is 0 Å². The summed E-state index contributed by atoms with van der Waals surface area (Å²) >= 11 is 0. The average molecular weight is 399 g/mol. The molecule has 0 aliphatic carbocycles. The third-order valence-corrected chi connectivity index (χ3v) is 4.02. The molecule has 3 aromatic carbocycles. The van der Waals surface area contributed by atoms with E-state index in [9.17, 15) is 4.79 Å². The molecule has 0 spiro atoms. The first kappa shape index (κ1) is 19.0. The number of hydrogen-bond acceptors (Lipinski definition) is 7. The van der Waals surface area contributed by atoms with Crippen LogP contribution in [0.25, 0.3) is 11.5 Å². The van der Waals surface area contributed by atoms with Crippen LogP contribution in [0, 0.1) is 0 Å². The molecule has 1 heterocycles. The SMILES string of the molecule is O=C(COc1ccc(-c2nnco2)cc1)Nc1ccc(N=Nc2ccccc2)cc1. The summed E-state index contributed by atoms with van der Waals surface area (Å²) in [6, 6.07) is 23.6. The maximum Gasteiger partial charge on any atom is 0.262 e. The summed E-state index contributed by atoms with van der Waals surface area (Å²) in [4.78, 5) is 12.1. The molecule has 4 aromatic rings. The van der Waals surface area contributed by atoms with Gasteiger partial charge in [0.25, 0.3) is 5.91 Å². The number of anilines is 1. The van der Waals surface area contributed by atoms with Crippen molar-refractivity contribution in [3.8, 4) is 17.2 Å². The Balaban J connectivity index is 1.27. The maximum absolute atomic E-state index is 12.1. The fourth-order valence-corrected chi connectivity index (χ4v) is 2.56. The largest absolute Gasteiger partial charge is 0.484 e. The number of rotatable bonds is 7. The number of carbonyl (C=O) groups is 1. The van der Waals surface area contributed by atoms with Gasteiger partial charge in [-0.3, -0.25) is 4.79 Å². The lowest BCUT2D eigenvalue weighted by Crippen LogP contribution is -2.20. The van der Waals surface area contributed by atoms with Gasteiger partial charge in [-0.05, 0) is 60.7 Å². The van der Waals surface area contributed by atoms with Gasteiger partial charge in [-0.15, -0.1) is 10.2 Å². The van der Waals surface area contributed by atoms with Crippen molar-refractivity contribution in [3.63, 3.8) is 0 Å². The number of hydrogen-bond donors (Lipinski definition) is 1. The molecule has 0 bridgehead atoms. The van der Waals surface area contributed by atoms with Crippen LogP contribution in [0.1, 0.15) is 0 Å². The van der Waals surface area contributed by atoms with Crippen molar-refractivity contribution < 1.29 is 13.9 Å². The molecule has 1 amide bonds. The van der Waals surface area contributed by atoms with E-state index in [1.165, 1.54) is 6.39 Å². The smallest absolute Gasteiger partial charge is 0.262 e. The van der Waals surface area contributed by atoms with Crippen LogP contribution in [0.2, 0.25) is 0 Å². The Labute approximate surface area is 172 Å². The highest BCUT2D eigenvalue weighted by Gasteiger charge is 2.06. The molecule has 8 nitrogen and oxygen atoms in total. The van der Waals surface area contributed by atoms with Crippen LogP contribution >= 0.6 is 0 Å². The monoisotopic (exact) mass is 399 g/mol. The predicted octanol–water partition coefficient (Wildman–Crippen LogP) is 5.17. The highest BCUT2D eigenvalue weighted by Crippen LogP contribution is 2.21. The summed E-state index contributed by atoms with van der Waals surface area (Å²) in [7, 11) is 0. The van der Waals surface area contributed by atoms with Crippen LogP contribution in [0.5, 0.6) is 5.75 Å². The minimum Gasteiger partial charge on any atom is -0.484 e. The molecule has 4 rings (SSSR count). The number of nitrogens with one attached hydrogen (secondary N) is 1. The molecule has 148 valence electrons. The zero-order valence-corrected chi connectivity index (χ0v) is 15.8. The van der Waals surface area contributed by atoms with Gasteiger partial charge in [0.2, 0.25) is 12.3 Å². The Morgan fingerprint density at radius 2 is 1.60 bits per heavy atom. The fraction of sp³-hybridized carbons (Fsp3) is 0.0455. The van der Waals surface area contributed by atoms with Crippen LogP contribution < -0.4 is 10.1 Å². The maximum atomic E-state index is 12.1. The molecule has 8 heteroatoms. The van der Waals surface area contributed by atoms with E-state index in [0.717, 1.165) is 11.3 Å². The van der Waals surface area contributed by atoms with Gasteiger partial charge in [-0.2, -0.15) is 10.2 Å². The van der Waals surface area contributed by atoms with Crippen molar-refractivity contribution in [2.75, 3.05) is 11.9 Å². The Morgan fingerprint density at radius 3 is 2.27 bits per heavy atom. The van der Waals surface area contributed by atoms with Crippen molar-refractivity contribution in [1.82, 2.24) is 10.2 Å². The summed E-state index contributed by atoms with van der Waals surface area (Å²) < 4.78 is 10.6. The lowest BCUT2D eigenvalue weighted by atomic mass is 10.2. The van der Waals surface area contributed by atoms with Gasteiger partial charge in [0.05, 0.1) is 11.4 Å². The first-order chi connectivity index (χ1) is 14.8. The Hall–Kier alpha value is -4.33. The van der Waals surface area contributed by atoms with Gasteiger partial charge in [0, 0.05) is 11.3 Å². The van der Waals surface area contributed by atoms with E-state index < -0.39 is 0 Å². The van der Waals surface area contributed by atoms with Crippen molar-refractivity contribution in [2.45, 2.75) is 0 Å². The Bertz CT molecular complexity index is 1110. The van der Waals surface area contributed by atoms with Crippen LogP contribution in [-0.4, -0.2) is 22.7 Å². The zero-order valence-electron chi connectivity index (χ0n) is 15.8. The second kappa shape index (κ2) is 9.24. The van der Waals surface area contributed by atoms with Crippen LogP contribution in [0.15, 0.2) is 99.9 Å². The summed E-state index contributed by atoms with van der Waals surface area (Å²) in [6.07, 6.45) is 1.27. The quantitative estimate of drug-likeness (QED) is 0.432. The van der Waals surface area contributed by atoms with Crippen LogP contribution in [-0.2, 0) is 4.79 Å².